The van der Waals surface area contributed by atoms with Crippen molar-refractivity contribution in [3.63, 3.8) is 0 Å². The fourth-order valence-electron chi connectivity index (χ4n) is 6.67. The zero-order valence-electron chi connectivity index (χ0n) is 34.2. The van der Waals surface area contributed by atoms with E-state index < -0.39 is 10.1 Å². The number of aryl methyl sites for hydroxylation is 1. The van der Waals surface area contributed by atoms with E-state index in [0.717, 1.165) is 50.1 Å². The lowest BCUT2D eigenvalue weighted by Gasteiger charge is -2.22. The highest BCUT2D eigenvalue weighted by molar-refractivity contribution is 7.85. The molecule has 0 heterocycles. The summed E-state index contributed by atoms with van der Waals surface area (Å²) in [5, 5.41) is 2.19. The van der Waals surface area contributed by atoms with Crippen molar-refractivity contribution >= 4 is 44.9 Å². The molecule has 0 atom stereocenters. The maximum atomic E-state index is 10.4. The first kappa shape index (κ1) is 43.4. The molecule has 0 bridgehead atoms. The highest BCUT2D eigenvalue weighted by atomic mass is 32.2. The molecule has 5 aromatic rings. The zero-order chi connectivity index (χ0) is 40.7. The highest BCUT2D eigenvalue weighted by Gasteiger charge is 2.10. The van der Waals surface area contributed by atoms with Crippen molar-refractivity contribution in [1.29, 1.82) is 0 Å². The minimum Gasteiger partial charge on any atom is -0.744 e. The normalized spacial score (nSPS) is 11.1. The summed E-state index contributed by atoms with van der Waals surface area (Å²) in [4.78, 5) is 6.97. The van der Waals surface area contributed by atoms with E-state index in [-0.39, 0.29) is 4.90 Å². The first-order valence-electron chi connectivity index (χ1n) is 19.7. The zero-order valence-corrected chi connectivity index (χ0v) is 35.0. The Morgan fingerprint density at radius 1 is 0.554 bits per heavy atom. The number of allylic oxidation sites excluding steroid dienone is 3. The van der Waals surface area contributed by atoms with Gasteiger partial charge in [0.1, 0.15) is 10.1 Å². The topological polar surface area (TPSA) is 66.9 Å². The van der Waals surface area contributed by atoms with Gasteiger partial charge in [-0.1, -0.05) is 103 Å². The molecule has 0 radical (unpaired) electrons. The average molecular weight is 769 g/mol. The summed E-state index contributed by atoms with van der Waals surface area (Å²) in [5.41, 5.74) is 10.7. The minimum atomic E-state index is -4.27. The smallest absolute Gasteiger partial charge is 0.124 e. The van der Waals surface area contributed by atoms with Gasteiger partial charge in [0.25, 0.3) is 0 Å². The molecule has 0 saturated heterocycles. The minimum absolute atomic E-state index is 0.178. The highest BCUT2D eigenvalue weighted by Crippen LogP contribution is 2.28. The first-order valence-corrected chi connectivity index (χ1v) is 21.1. The Hall–Kier alpha value is -5.37. The van der Waals surface area contributed by atoms with E-state index in [0.29, 0.717) is 0 Å². The Morgan fingerprint density at radius 2 is 0.929 bits per heavy atom. The molecule has 0 aliphatic rings. The van der Waals surface area contributed by atoms with Gasteiger partial charge in [-0.3, -0.25) is 0 Å². The molecule has 7 heteroatoms. The Kier molecular flexibility index (Phi) is 16.3. The van der Waals surface area contributed by atoms with Crippen molar-refractivity contribution in [2.45, 2.75) is 53.4 Å². The van der Waals surface area contributed by atoms with Crippen LogP contribution in [0.4, 0.5) is 17.1 Å². The van der Waals surface area contributed by atoms with E-state index in [4.69, 9.17) is 0 Å². The summed E-state index contributed by atoms with van der Waals surface area (Å²) in [6.07, 6.45) is 6.72. The Balaban J connectivity index is 0.000000544. The Bertz CT molecular complexity index is 2170. The average Bonchev–Trinajstić information content (AvgIpc) is 3.21. The monoisotopic (exact) mass is 768 g/mol. The third kappa shape index (κ3) is 11.8. The molecule has 294 valence electrons. The molecule has 0 aliphatic carbocycles. The van der Waals surface area contributed by atoms with Gasteiger partial charge in [0, 0.05) is 56.3 Å². The molecule has 5 aromatic carbocycles. The number of anilines is 3. The summed E-state index contributed by atoms with van der Waals surface area (Å²) in [6.45, 7) is 25.2. The van der Waals surface area contributed by atoms with Crippen LogP contribution in [0.15, 0.2) is 144 Å². The molecular weight excluding hydrogens is 711 g/mol. The van der Waals surface area contributed by atoms with Gasteiger partial charge in [-0.15, -0.1) is 0 Å². The largest absolute Gasteiger partial charge is 0.744 e. The number of hydrogen-bond donors (Lipinski definition) is 0. The van der Waals surface area contributed by atoms with E-state index in [1.807, 2.05) is 6.92 Å². The second-order valence-corrected chi connectivity index (χ2v) is 14.9. The van der Waals surface area contributed by atoms with Crippen LogP contribution in [0.5, 0.6) is 0 Å². The van der Waals surface area contributed by atoms with E-state index in [2.05, 4.69) is 178 Å². The standard InChI is InChI=1S/C42H51N3.C7H8O3S/c1-8-43(9-2)38-27-21-35(22-28-38)41(34-19-17-33(7)18-20-34)15-14-16-42(36-23-29-39(30-24-36)44(10-3)11-4)37-25-31-40(32-26-37)45(12-5)13-6;1-6-2-4-7(5-3-6)11(8,9)10/h14-32H,7-13H2,1-6H3;2-5H,1H3,(H,8,9,10)/p-1. The van der Waals surface area contributed by atoms with Crippen LogP contribution in [0.2, 0.25) is 0 Å². The molecule has 0 saturated carbocycles. The van der Waals surface area contributed by atoms with Gasteiger partial charge >= 0.3 is 0 Å². The van der Waals surface area contributed by atoms with Crippen LogP contribution >= 0.6 is 0 Å². The number of benzene rings is 5. The fraction of sp³-hybridized carbons (Fsp3) is 0.265. The molecule has 0 fully saturated rings. The molecule has 0 N–H and O–H groups in total. The van der Waals surface area contributed by atoms with Gasteiger partial charge in [0.05, 0.1) is 4.90 Å². The molecule has 0 aromatic heterocycles. The van der Waals surface area contributed by atoms with Gasteiger partial charge in [-0.05, 0) is 135 Å². The van der Waals surface area contributed by atoms with Gasteiger partial charge in [0.2, 0.25) is 0 Å². The maximum absolute atomic E-state index is 10.4. The third-order valence-corrected chi connectivity index (χ3v) is 10.9. The summed E-state index contributed by atoms with van der Waals surface area (Å²) in [5.74, 6) is 0. The fourth-order valence-corrected chi connectivity index (χ4v) is 7.14. The number of nitrogens with zero attached hydrogens (tertiary/aromatic N) is 3. The molecule has 0 spiro atoms. The predicted octanol–water partition coefficient (Wildman–Crippen LogP) is 9.42. The van der Waals surface area contributed by atoms with Gasteiger partial charge in [-0.25, -0.2) is 8.42 Å². The molecule has 6 nitrogen and oxygen atoms in total. The van der Waals surface area contributed by atoms with E-state index >= 15 is 0 Å². The van der Waals surface area contributed by atoms with Crippen molar-refractivity contribution < 1.29 is 13.0 Å². The van der Waals surface area contributed by atoms with Crippen molar-refractivity contribution in [2.75, 3.05) is 54.0 Å². The lowest BCUT2D eigenvalue weighted by Crippen LogP contribution is -2.21. The van der Waals surface area contributed by atoms with Crippen LogP contribution in [0.1, 0.15) is 63.8 Å². The van der Waals surface area contributed by atoms with Crippen LogP contribution < -0.4 is 25.1 Å². The van der Waals surface area contributed by atoms with Crippen LogP contribution in [0.3, 0.4) is 0 Å². The predicted molar refractivity (Wildman–Crippen MR) is 239 cm³/mol. The number of rotatable bonds is 15. The van der Waals surface area contributed by atoms with Gasteiger partial charge in [-0.2, -0.15) is 0 Å². The van der Waals surface area contributed by atoms with Crippen LogP contribution in [-0.4, -0.2) is 52.2 Å². The summed E-state index contributed by atoms with van der Waals surface area (Å²) >= 11 is 0. The van der Waals surface area contributed by atoms with E-state index in [1.54, 1.807) is 12.1 Å². The molecular formula is C49H58N3O3S-. The Morgan fingerprint density at radius 3 is 1.29 bits per heavy atom. The van der Waals surface area contributed by atoms with Crippen molar-refractivity contribution in [3.8, 4) is 0 Å². The Labute approximate surface area is 336 Å². The van der Waals surface area contributed by atoms with E-state index in [9.17, 15) is 13.0 Å². The lowest BCUT2D eigenvalue weighted by atomic mass is 9.96. The maximum Gasteiger partial charge on any atom is 0.124 e. The van der Waals surface area contributed by atoms with Crippen molar-refractivity contribution in [2.24, 2.45) is 0 Å². The molecule has 5 rings (SSSR count). The molecule has 0 aliphatic heterocycles. The third-order valence-electron chi connectivity index (χ3n) is 10.0. The second kappa shape index (κ2) is 21.1. The lowest BCUT2D eigenvalue weighted by molar-refractivity contribution is 0.463. The SMILES string of the molecule is C=c1ccc(=C(C=CC=C(c2ccc(N(CC)CC)cc2)c2ccc(N(CC)CC)cc2)c2ccc(N(CC)CC)cc2)cc1.Cc1ccc(S(=O)(=O)[O-])cc1. The van der Waals surface area contributed by atoms with Gasteiger partial charge in [0.15, 0.2) is 0 Å². The van der Waals surface area contributed by atoms with E-state index in [1.165, 1.54) is 62.3 Å². The van der Waals surface area contributed by atoms with Crippen molar-refractivity contribution in [1.82, 2.24) is 0 Å². The molecule has 0 amide bonds. The van der Waals surface area contributed by atoms with Crippen molar-refractivity contribution in [3.05, 3.63) is 172 Å². The molecule has 0 unspecified atom stereocenters. The quantitative estimate of drug-likeness (QED) is 0.0782. The summed E-state index contributed by atoms with van der Waals surface area (Å²) < 4.78 is 31.2. The summed E-state index contributed by atoms with van der Waals surface area (Å²) in [6, 6.07) is 41.3. The van der Waals surface area contributed by atoms with Crippen LogP contribution in [-0.2, 0) is 10.1 Å². The number of hydrogen-bond acceptors (Lipinski definition) is 6. The second-order valence-electron chi connectivity index (χ2n) is 13.5. The molecule has 56 heavy (non-hydrogen) atoms. The summed E-state index contributed by atoms with van der Waals surface area (Å²) in [7, 11) is -4.27. The first-order chi connectivity index (χ1) is 27.0. The van der Waals surface area contributed by atoms with Crippen LogP contribution in [0.25, 0.3) is 17.7 Å². The van der Waals surface area contributed by atoms with Gasteiger partial charge < -0.3 is 19.3 Å². The van der Waals surface area contributed by atoms with Crippen LogP contribution in [0, 0.1) is 6.92 Å².